The van der Waals surface area contributed by atoms with Crippen molar-refractivity contribution in [2.75, 3.05) is 0 Å². The Morgan fingerprint density at radius 2 is 1.44 bits per heavy atom. The highest BCUT2D eigenvalue weighted by molar-refractivity contribution is 5.83. The van der Waals surface area contributed by atoms with Crippen molar-refractivity contribution in [2.24, 2.45) is 0 Å². The molecule has 5 aromatic rings. The first kappa shape index (κ1) is 21.9. The van der Waals surface area contributed by atoms with Gasteiger partial charge in [-0.1, -0.05) is 76.2 Å². The molecule has 0 spiro atoms. The summed E-state index contributed by atoms with van der Waals surface area (Å²) >= 11 is 0. The molecule has 5 rings (SSSR count). The van der Waals surface area contributed by atoms with Gasteiger partial charge in [0, 0.05) is 5.56 Å². The van der Waals surface area contributed by atoms with E-state index in [2.05, 4.69) is 100 Å². The van der Waals surface area contributed by atoms with E-state index in [4.69, 9.17) is 4.98 Å². The molecule has 8 nitrogen and oxygen atoms in total. The van der Waals surface area contributed by atoms with E-state index in [-0.39, 0.29) is 11.8 Å². The zero-order valence-electron chi connectivity index (χ0n) is 20.1. The Morgan fingerprint density at radius 3 is 2.12 bits per heavy atom. The predicted molar refractivity (Wildman–Crippen MR) is 132 cm³/mol. The largest absolute Gasteiger partial charge is 0.322 e. The van der Waals surface area contributed by atoms with Crippen molar-refractivity contribution in [1.82, 2.24) is 40.4 Å². The third kappa shape index (κ3) is 3.75. The van der Waals surface area contributed by atoms with Gasteiger partial charge >= 0.3 is 0 Å². The van der Waals surface area contributed by atoms with Gasteiger partial charge in [0.15, 0.2) is 0 Å². The van der Waals surface area contributed by atoms with Crippen LogP contribution in [0.1, 0.15) is 62.3 Å². The van der Waals surface area contributed by atoms with Crippen LogP contribution in [0.5, 0.6) is 0 Å². The summed E-state index contributed by atoms with van der Waals surface area (Å²) in [5.74, 6) is 2.01. The number of aryl methyl sites for hydroxylation is 1. The molecule has 0 saturated heterocycles. The number of rotatable bonds is 6. The highest BCUT2D eigenvalue weighted by Gasteiger charge is 2.22. The lowest BCUT2D eigenvalue weighted by atomic mass is 9.95. The summed E-state index contributed by atoms with van der Waals surface area (Å²) in [5, 5.41) is 23.9. The zero-order chi connectivity index (χ0) is 23.8. The third-order valence-electron chi connectivity index (χ3n) is 6.15. The van der Waals surface area contributed by atoms with E-state index in [1.54, 1.807) is 0 Å². The first-order valence-electron chi connectivity index (χ1n) is 11.6. The number of imidazole rings is 1. The summed E-state index contributed by atoms with van der Waals surface area (Å²) in [6.45, 7) is 11.3. The van der Waals surface area contributed by atoms with Gasteiger partial charge in [0.05, 0.1) is 23.4 Å². The van der Waals surface area contributed by atoms with Gasteiger partial charge in [-0.3, -0.25) is 0 Å². The van der Waals surface area contributed by atoms with Gasteiger partial charge in [-0.15, -0.1) is 10.2 Å². The normalized spacial score (nSPS) is 11.7. The maximum Gasteiger partial charge on any atom is 0.205 e. The van der Waals surface area contributed by atoms with E-state index >= 15 is 0 Å². The maximum absolute atomic E-state index is 4.96. The number of tetrazole rings is 1. The molecule has 0 radical (unpaired) electrons. The number of nitrogens with zero attached hydrogens (tertiary/aromatic N) is 7. The molecule has 0 unspecified atom stereocenters. The van der Waals surface area contributed by atoms with Gasteiger partial charge in [-0.2, -0.15) is 15.4 Å². The number of hydrogen-bond donors (Lipinski definition) is 1. The average molecular weight is 453 g/mol. The van der Waals surface area contributed by atoms with Crippen LogP contribution >= 0.6 is 0 Å². The second-order valence-electron chi connectivity index (χ2n) is 9.16. The number of fused-ring (bicyclic) bond motifs is 1. The van der Waals surface area contributed by atoms with Crippen LogP contribution in [0.4, 0.5) is 0 Å². The number of hydrogen-bond acceptors (Lipinski definition) is 6. The molecule has 0 saturated carbocycles. The number of aromatic amines is 1. The van der Waals surface area contributed by atoms with Crippen LogP contribution in [-0.2, 0) is 6.54 Å². The fraction of sp³-hybridized carbons (Fsp3) is 0.308. The van der Waals surface area contributed by atoms with Crippen LogP contribution in [0.15, 0.2) is 48.5 Å². The summed E-state index contributed by atoms with van der Waals surface area (Å²) in [4.78, 5) is 4.96. The lowest BCUT2D eigenvalue weighted by Crippen LogP contribution is -2.09. The molecule has 0 aliphatic carbocycles. The first-order chi connectivity index (χ1) is 16.5. The van der Waals surface area contributed by atoms with Gasteiger partial charge in [0.2, 0.25) is 5.82 Å². The molecule has 0 bridgehead atoms. The molecular weight excluding hydrogens is 424 g/mol. The first-order valence-corrected chi connectivity index (χ1v) is 11.6. The molecule has 3 aromatic heterocycles. The molecule has 1 N–H and O–H groups in total. The SMILES string of the molecule is Cc1nc2c(C(C)C)nnc(C(C)C)c2n1Cc1ccccc1-c1ccccc1-c1nn[nH]n1. The monoisotopic (exact) mass is 452 g/mol. The van der Waals surface area contributed by atoms with Crippen LogP contribution in [0.2, 0.25) is 0 Å². The van der Waals surface area contributed by atoms with E-state index in [1.165, 1.54) is 5.56 Å². The van der Waals surface area contributed by atoms with E-state index < -0.39 is 0 Å². The van der Waals surface area contributed by atoms with Gasteiger partial charge in [0.1, 0.15) is 11.3 Å². The Morgan fingerprint density at radius 1 is 0.794 bits per heavy atom. The van der Waals surface area contributed by atoms with Crippen LogP contribution < -0.4 is 0 Å². The lowest BCUT2D eigenvalue weighted by molar-refractivity contribution is 0.730. The molecule has 0 atom stereocenters. The predicted octanol–water partition coefficient (Wildman–Crippen LogP) is 5.28. The topological polar surface area (TPSA) is 98.1 Å². The van der Waals surface area contributed by atoms with Gasteiger partial charge < -0.3 is 4.57 Å². The van der Waals surface area contributed by atoms with Crippen LogP contribution in [0.3, 0.4) is 0 Å². The van der Waals surface area contributed by atoms with Crippen molar-refractivity contribution in [3.63, 3.8) is 0 Å². The van der Waals surface area contributed by atoms with E-state index in [1.807, 2.05) is 18.2 Å². The van der Waals surface area contributed by atoms with Crippen molar-refractivity contribution in [3.8, 4) is 22.5 Å². The average Bonchev–Trinajstić information content (AvgIpc) is 3.47. The minimum Gasteiger partial charge on any atom is -0.322 e. The minimum atomic E-state index is 0.236. The molecule has 8 heteroatoms. The Balaban J connectivity index is 1.69. The van der Waals surface area contributed by atoms with Crippen molar-refractivity contribution < 1.29 is 0 Å². The van der Waals surface area contributed by atoms with Crippen LogP contribution in [-0.4, -0.2) is 40.4 Å². The molecule has 0 amide bonds. The lowest BCUT2D eigenvalue weighted by Gasteiger charge is -2.16. The fourth-order valence-electron chi connectivity index (χ4n) is 4.46. The molecule has 34 heavy (non-hydrogen) atoms. The van der Waals surface area contributed by atoms with Gasteiger partial charge in [0.25, 0.3) is 0 Å². The third-order valence-corrected chi connectivity index (χ3v) is 6.15. The molecule has 3 heterocycles. The van der Waals surface area contributed by atoms with E-state index in [0.717, 1.165) is 44.9 Å². The summed E-state index contributed by atoms with van der Waals surface area (Å²) in [7, 11) is 0. The Labute approximate surface area is 198 Å². The highest BCUT2D eigenvalue weighted by Crippen LogP contribution is 2.34. The number of aromatic nitrogens is 8. The quantitative estimate of drug-likeness (QED) is 0.376. The van der Waals surface area contributed by atoms with Crippen LogP contribution in [0.25, 0.3) is 33.5 Å². The molecular formula is C26H28N8. The Kier molecular flexibility index (Phi) is 5.65. The second-order valence-corrected chi connectivity index (χ2v) is 9.16. The Bertz CT molecular complexity index is 1450. The van der Waals surface area contributed by atoms with Crippen molar-refractivity contribution in [1.29, 1.82) is 0 Å². The standard InChI is InChI=1S/C26H28N8/c1-15(2)22-24-25(23(16(3)4)29-28-22)34(17(5)27-24)14-18-10-6-7-11-19(18)20-12-8-9-13-21(20)26-30-32-33-31-26/h6-13,15-16H,14H2,1-5H3,(H,30,31,32,33). The van der Waals surface area contributed by atoms with Crippen molar-refractivity contribution in [2.45, 2.75) is 53.0 Å². The van der Waals surface area contributed by atoms with Gasteiger partial charge in [-0.25, -0.2) is 4.98 Å². The molecule has 172 valence electrons. The van der Waals surface area contributed by atoms with Crippen molar-refractivity contribution >= 4 is 11.0 Å². The second kappa shape index (κ2) is 8.78. The fourth-order valence-corrected chi connectivity index (χ4v) is 4.46. The number of benzene rings is 2. The van der Waals surface area contributed by atoms with Gasteiger partial charge in [-0.05, 0) is 40.7 Å². The molecule has 0 aliphatic rings. The highest BCUT2D eigenvalue weighted by atomic mass is 15.5. The molecule has 0 fully saturated rings. The molecule has 0 aliphatic heterocycles. The Hall–Kier alpha value is -3.94. The van der Waals surface area contributed by atoms with E-state index in [9.17, 15) is 0 Å². The summed E-state index contributed by atoms with van der Waals surface area (Å²) in [6.07, 6.45) is 0. The summed E-state index contributed by atoms with van der Waals surface area (Å²) in [5.41, 5.74) is 8.25. The molecule has 2 aromatic carbocycles. The van der Waals surface area contributed by atoms with Crippen molar-refractivity contribution in [3.05, 3.63) is 71.3 Å². The smallest absolute Gasteiger partial charge is 0.205 e. The summed E-state index contributed by atoms with van der Waals surface area (Å²) in [6, 6.07) is 16.6. The van der Waals surface area contributed by atoms with Crippen LogP contribution in [0, 0.1) is 6.92 Å². The number of H-pyrrole nitrogens is 1. The summed E-state index contributed by atoms with van der Waals surface area (Å²) < 4.78 is 2.28. The number of nitrogens with one attached hydrogen (secondary N) is 1. The maximum atomic E-state index is 4.96. The minimum absolute atomic E-state index is 0.236. The zero-order valence-corrected chi connectivity index (χ0v) is 20.1. The van der Waals surface area contributed by atoms with E-state index in [0.29, 0.717) is 12.4 Å².